The van der Waals surface area contributed by atoms with E-state index in [-0.39, 0.29) is 5.97 Å². The topological polar surface area (TPSA) is 32.8 Å². The molecule has 0 amide bonds. The monoisotopic (exact) mass is 432 g/mol. The van der Waals surface area contributed by atoms with Crippen LogP contribution in [0.15, 0.2) is 48.5 Å². The molecule has 4 nitrogen and oxygen atoms in total. The first-order valence-corrected chi connectivity index (χ1v) is 12.4. The highest BCUT2D eigenvalue weighted by Crippen LogP contribution is 2.54. The first kappa shape index (κ1) is 21.5. The maximum atomic E-state index is 11.7. The second-order valence-corrected chi connectivity index (χ2v) is 10.0. The van der Waals surface area contributed by atoms with Gasteiger partial charge >= 0.3 is 5.97 Å². The van der Waals surface area contributed by atoms with Crippen LogP contribution in [-0.2, 0) is 11.2 Å². The van der Waals surface area contributed by atoms with Crippen LogP contribution in [-0.4, -0.2) is 43.7 Å². The molecule has 1 unspecified atom stereocenters. The molecule has 4 heteroatoms. The molecule has 2 heterocycles. The average Bonchev–Trinajstić information content (AvgIpc) is 3.31. The third-order valence-electron chi connectivity index (χ3n) is 8.37. The number of esters is 1. The Morgan fingerprint density at radius 1 is 1.03 bits per heavy atom. The number of nitrogens with zero attached hydrogens (tertiary/aromatic N) is 2. The van der Waals surface area contributed by atoms with Crippen molar-refractivity contribution in [2.75, 3.05) is 31.6 Å². The van der Waals surface area contributed by atoms with Gasteiger partial charge in [0.15, 0.2) is 0 Å². The fraction of sp³-hybridized carbons (Fsp3) is 0.536. The van der Waals surface area contributed by atoms with E-state index in [1.165, 1.54) is 63.4 Å². The zero-order chi connectivity index (χ0) is 22.1. The predicted octanol–water partition coefficient (Wildman–Crippen LogP) is 5.62. The van der Waals surface area contributed by atoms with Crippen LogP contribution in [0.4, 0.5) is 5.69 Å². The first-order valence-electron chi connectivity index (χ1n) is 12.4. The van der Waals surface area contributed by atoms with Crippen LogP contribution in [0.1, 0.15) is 73.0 Å². The van der Waals surface area contributed by atoms with E-state index in [2.05, 4.69) is 53.1 Å². The number of anilines is 1. The number of carbonyl (C=O) groups excluding carboxylic acids is 1. The molecular formula is C28H36N2O2. The van der Waals surface area contributed by atoms with Crippen LogP contribution < -0.4 is 4.90 Å². The van der Waals surface area contributed by atoms with Crippen molar-refractivity contribution in [1.82, 2.24) is 4.90 Å². The van der Waals surface area contributed by atoms with Crippen molar-refractivity contribution in [2.24, 2.45) is 5.41 Å². The summed E-state index contributed by atoms with van der Waals surface area (Å²) < 4.78 is 4.82. The maximum absolute atomic E-state index is 11.7. The van der Waals surface area contributed by atoms with Crippen molar-refractivity contribution in [3.63, 3.8) is 0 Å². The summed E-state index contributed by atoms with van der Waals surface area (Å²) in [6.45, 7) is 5.79. The van der Waals surface area contributed by atoms with Crippen LogP contribution in [0.2, 0.25) is 0 Å². The van der Waals surface area contributed by atoms with Gasteiger partial charge in [0, 0.05) is 30.9 Å². The number of methoxy groups -OCH3 is 1. The lowest BCUT2D eigenvalue weighted by Crippen LogP contribution is -2.54. The summed E-state index contributed by atoms with van der Waals surface area (Å²) in [7, 11) is 1.43. The molecule has 0 radical (unpaired) electrons. The Kier molecular flexibility index (Phi) is 5.98. The average molecular weight is 433 g/mol. The van der Waals surface area contributed by atoms with Gasteiger partial charge in [-0.2, -0.15) is 0 Å². The summed E-state index contributed by atoms with van der Waals surface area (Å²) in [4.78, 5) is 17.0. The fourth-order valence-electron chi connectivity index (χ4n) is 6.49. The Morgan fingerprint density at radius 2 is 1.75 bits per heavy atom. The number of hydrogen-bond acceptors (Lipinski definition) is 4. The quantitative estimate of drug-likeness (QED) is 0.574. The third-order valence-corrected chi connectivity index (χ3v) is 8.37. The number of hydrogen-bond donors (Lipinski definition) is 0. The molecule has 5 rings (SSSR count). The standard InChI is InChI=1S/C28H36N2O2/c1-3-21-7-4-5-8-25(21)26-9-6-16-30(26)24-19-28(20-24)14-17-29(18-15-28)23-12-10-22(11-13-23)27(31)32-2/h4-5,7-8,10-13,24,26H,3,6,9,14-20H2,1-2H3. The molecule has 0 N–H and O–H groups in total. The Hall–Kier alpha value is -2.33. The molecule has 1 atom stereocenters. The highest BCUT2D eigenvalue weighted by molar-refractivity contribution is 5.89. The van der Waals surface area contributed by atoms with Gasteiger partial charge in [0.2, 0.25) is 0 Å². The lowest BCUT2D eigenvalue weighted by molar-refractivity contribution is -0.0227. The molecule has 1 spiro atoms. The molecule has 2 aromatic rings. The van der Waals surface area contributed by atoms with Crippen molar-refractivity contribution >= 4 is 11.7 Å². The van der Waals surface area contributed by atoms with Gasteiger partial charge in [-0.3, -0.25) is 4.90 Å². The Morgan fingerprint density at radius 3 is 2.44 bits per heavy atom. The van der Waals surface area contributed by atoms with E-state index >= 15 is 0 Å². The Bertz CT molecular complexity index is 938. The summed E-state index contributed by atoms with van der Waals surface area (Å²) in [5, 5.41) is 0. The molecule has 32 heavy (non-hydrogen) atoms. The van der Waals surface area contributed by atoms with Gasteiger partial charge in [0.1, 0.15) is 0 Å². The molecule has 0 bridgehead atoms. The second kappa shape index (κ2) is 8.90. The predicted molar refractivity (Wildman–Crippen MR) is 129 cm³/mol. The van der Waals surface area contributed by atoms with E-state index in [1.54, 1.807) is 5.56 Å². The van der Waals surface area contributed by atoms with E-state index < -0.39 is 0 Å². The van der Waals surface area contributed by atoms with E-state index in [1.807, 2.05) is 12.1 Å². The van der Waals surface area contributed by atoms with Crippen molar-refractivity contribution in [3.05, 3.63) is 65.2 Å². The highest BCUT2D eigenvalue weighted by Gasteiger charge is 2.49. The Labute approximate surface area is 192 Å². The minimum Gasteiger partial charge on any atom is -0.465 e. The maximum Gasteiger partial charge on any atom is 0.337 e. The van der Waals surface area contributed by atoms with Gasteiger partial charge in [-0.15, -0.1) is 0 Å². The largest absolute Gasteiger partial charge is 0.465 e. The van der Waals surface area contributed by atoms with Crippen LogP contribution in [0, 0.1) is 5.41 Å². The first-order chi connectivity index (χ1) is 15.6. The molecule has 2 aromatic carbocycles. The van der Waals surface area contributed by atoms with Gasteiger partial charge in [-0.25, -0.2) is 4.79 Å². The number of carbonyl (C=O) groups is 1. The third kappa shape index (κ3) is 3.94. The summed E-state index contributed by atoms with van der Waals surface area (Å²) in [6, 6.07) is 18.4. The number of benzene rings is 2. The highest BCUT2D eigenvalue weighted by atomic mass is 16.5. The number of aryl methyl sites for hydroxylation is 1. The number of piperidine rings is 1. The molecule has 2 saturated heterocycles. The van der Waals surface area contributed by atoms with Gasteiger partial charge in [-0.05, 0) is 92.3 Å². The normalized spacial score (nSPS) is 23.3. The fourth-order valence-corrected chi connectivity index (χ4v) is 6.49. The summed E-state index contributed by atoms with van der Waals surface area (Å²) in [5.41, 5.74) is 5.50. The zero-order valence-electron chi connectivity index (χ0n) is 19.6. The molecule has 2 aliphatic heterocycles. The summed E-state index contributed by atoms with van der Waals surface area (Å²) in [5.74, 6) is -0.267. The Balaban J connectivity index is 1.18. The zero-order valence-corrected chi connectivity index (χ0v) is 19.6. The smallest absolute Gasteiger partial charge is 0.337 e. The SMILES string of the molecule is CCc1ccccc1C1CCCN1C1CC2(CCN(c3ccc(C(=O)OC)cc3)CC2)C1. The van der Waals surface area contributed by atoms with Crippen molar-refractivity contribution in [1.29, 1.82) is 0 Å². The van der Waals surface area contributed by atoms with Crippen molar-refractivity contribution in [2.45, 2.75) is 64.0 Å². The van der Waals surface area contributed by atoms with E-state index in [9.17, 15) is 4.79 Å². The van der Waals surface area contributed by atoms with Crippen LogP contribution in [0.25, 0.3) is 0 Å². The van der Waals surface area contributed by atoms with Gasteiger partial charge in [-0.1, -0.05) is 31.2 Å². The molecule has 0 aromatic heterocycles. The van der Waals surface area contributed by atoms with Crippen molar-refractivity contribution in [3.8, 4) is 0 Å². The molecule has 170 valence electrons. The second-order valence-electron chi connectivity index (χ2n) is 10.0. The van der Waals surface area contributed by atoms with E-state index in [0.717, 1.165) is 25.6 Å². The molecule has 3 aliphatic rings. The molecule has 3 fully saturated rings. The molecule has 1 aliphatic carbocycles. The minimum atomic E-state index is -0.267. The summed E-state index contributed by atoms with van der Waals surface area (Å²) in [6.07, 6.45) is 9.08. The number of rotatable bonds is 5. The van der Waals surface area contributed by atoms with E-state index in [4.69, 9.17) is 4.74 Å². The van der Waals surface area contributed by atoms with Gasteiger partial charge in [0.25, 0.3) is 0 Å². The van der Waals surface area contributed by atoms with Crippen LogP contribution >= 0.6 is 0 Å². The van der Waals surface area contributed by atoms with Crippen molar-refractivity contribution < 1.29 is 9.53 Å². The molecule has 1 saturated carbocycles. The van der Waals surface area contributed by atoms with Gasteiger partial charge < -0.3 is 9.64 Å². The van der Waals surface area contributed by atoms with E-state index in [0.29, 0.717) is 17.0 Å². The van der Waals surface area contributed by atoms with Crippen LogP contribution in [0.3, 0.4) is 0 Å². The summed E-state index contributed by atoms with van der Waals surface area (Å²) >= 11 is 0. The molecular weight excluding hydrogens is 396 g/mol. The lowest BCUT2D eigenvalue weighted by Gasteiger charge is -2.56. The van der Waals surface area contributed by atoms with Crippen LogP contribution in [0.5, 0.6) is 0 Å². The minimum absolute atomic E-state index is 0.267. The number of ether oxygens (including phenoxy) is 1. The lowest BCUT2D eigenvalue weighted by atomic mass is 9.59. The number of likely N-dealkylation sites (tertiary alicyclic amines) is 1. The van der Waals surface area contributed by atoms with Gasteiger partial charge in [0.05, 0.1) is 12.7 Å².